The summed E-state index contributed by atoms with van der Waals surface area (Å²) in [6.07, 6.45) is 0. The molecule has 0 aromatic carbocycles. The van der Waals surface area contributed by atoms with Crippen molar-refractivity contribution in [2.75, 3.05) is 13.2 Å². The highest BCUT2D eigenvalue weighted by atomic mass is 32.2. The summed E-state index contributed by atoms with van der Waals surface area (Å²) >= 11 is 0. The fourth-order valence-corrected chi connectivity index (χ4v) is 1.96. The molecule has 2 aliphatic heterocycles. The van der Waals surface area contributed by atoms with E-state index >= 15 is 0 Å². The number of sulfone groups is 1. The van der Waals surface area contributed by atoms with Crippen molar-refractivity contribution in [3.05, 3.63) is 0 Å². The summed E-state index contributed by atoms with van der Waals surface area (Å²) in [7, 11) is -3.89. The minimum absolute atomic E-state index is 0.372. The van der Waals surface area contributed by atoms with Crippen LogP contribution in [0.5, 0.6) is 0 Å². The molecule has 11 heteroatoms. The highest BCUT2D eigenvalue weighted by Gasteiger charge is 2.42. The van der Waals surface area contributed by atoms with E-state index in [2.05, 4.69) is 39.7 Å². The summed E-state index contributed by atoms with van der Waals surface area (Å²) in [4.78, 5) is 17.2. The molecular formula is C4H6O10S. The van der Waals surface area contributed by atoms with E-state index in [0.717, 1.165) is 0 Å². The maximum atomic E-state index is 11.7. The second kappa shape index (κ2) is 4.65. The molecule has 88 valence electrons. The normalized spacial score (nSPS) is 33.9. The molecule has 0 amide bonds. The first-order valence-electron chi connectivity index (χ1n) is 3.67. The van der Waals surface area contributed by atoms with Gasteiger partial charge in [-0.05, 0) is 20.2 Å². The van der Waals surface area contributed by atoms with E-state index in [1.165, 1.54) is 0 Å². The monoisotopic (exact) mass is 246 g/mol. The molecule has 0 aromatic rings. The molecule has 2 rings (SSSR count). The molecule has 15 heavy (non-hydrogen) atoms. The van der Waals surface area contributed by atoms with Crippen molar-refractivity contribution in [1.82, 2.24) is 0 Å². The van der Waals surface area contributed by atoms with Crippen LogP contribution in [0, 0.1) is 0 Å². The predicted molar refractivity (Wildman–Crippen MR) is 34.9 cm³/mol. The fourth-order valence-electron chi connectivity index (χ4n) is 0.850. The van der Waals surface area contributed by atoms with Crippen molar-refractivity contribution in [3.8, 4) is 0 Å². The summed E-state index contributed by atoms with van der Waals surface area (Å²) in [6, 6.07) is 0. The molecule has 0 aliphatic carbocycles. The second-order valence-electron chi connectivity index (χ2n) is 2.48. The average molecular weight is 246 g/mol. The highest BCUT2D eigenvalue weighted by Crippen LogP contribution is 2.19. The topological polar surface area (TPSA) is 108 Å². The molecule has 2 aliphatic rings. The van der Waals surface area contributed by atoms with Gasteiger partial charge in [-0.25, -0.2) is 8.42 Å². The summed E-state index contributed by atoms with van der Waals surface area (Å²) in [5.41, 5.74) is -2.80. The van der Waals surface area contributed by atoms with Gasteiger partial charge in [0.15, 0.2) is 0 Å². The van der Waals surface area contributed by atoms with Crippen LogP contribution < -0.4 is 0 Å². The Kier molecular flexibility index (Phi) is 3.45. The lowest BCUT2D eigenvalue weighted by molar-refractivity contribution is -0.673. The van der Waals surface area contributed by atoms with Crippen LogP contribution in [0.1, 0.15) is 0 Å². The van der Waals surface area contributed by atoms with Crippen molar-refractivity contribution >= 4 is 9.84 Å². The second-order valence-corrected chi connectivity index (χ2v) is 4.71. The Hall–Kier alpha value is -0.370. The van der Waals surface area contributed by atoms with E-state index in [-0.39, 0.29) is 13.2 Å². The molecule has 0 saturated carbocycles. The zero-order chi connectivity index (χ0) is 10.7. The SMILES string of the molecule is O=S(=O)(C1COOOO1)C1COOOO1. The van der Waals surface area contributed by atoms with E-state index in [0.29, 0.717) is 0 Å². The Morgan fingerprint density at radius 1 is 0.800 bits per heavy atom. The molecule has 0 N–H and O–H groups in total. The summed E-state index contributed by atoms with van der Waals surface area (Å²) in [6.45, 7) is -0.744. The van der Waals surface area contributed by atoms with Crippen molar-refractivity contribution in [3.63, 3.8) is 0 Å². The Balaban J connectivity index is 2.03. The first kappa shape index (κ1) is 11.1. The number of rotatable bonds is 2. The highest BCUT2D eigenvalue weighted by molar-refractivity contribution is 7.92. The molecule has 0 aromatic heterocycles. The maximum absolute atomic E-state index is 11.7. The molecule has 0 radical (unpaired) electrons. The third-order valence-corrected chi connectivity index (χ3v) is 3.48. The Morgan fingerprint density at radius 2 is 1.27 bits per heavy atom. The lowest BCUT2D eigenvalue weighted by Gasteiger charge is -2.24. The molecule has 2 saturated heterocycles. The van der Waals surface area contributed by atoms with Gasteiger partial charge in [-0.1, -0.05) is 0 Å². The smallest absolute Gasteiger partial charge is 0.223 e. The van der Waals surface area contributed by atoms with E-state index in [4.69, 9.17) is 0 Å². The van der Waals surface area contributed by atoms with Crippen LogP contribution in [0.4, 0.5) is 0 Å². The molecule has 2 atom stereocenters. The third kappa shape index (κ3) is 2.41. The average Bonchev–Trinajstić information content (AvgIpc) is 2.31. The Bertz CT molecular complexity index is 263. The Morgan fingerprint density at radius 3 is 1.60 bits per heavy atom. The third-order valence-electron chi connectivity index (χ3n) is 1.59. The van der Waals surface area contributed by atoms with Gasteiger partial charge in [0, 0.05) is 0 Å². The first-order chi connectivity index (χ1) is 7.21. The van der Waals surface area contributed by atoms with Crippen LogP contribution in [0.3, 0.4) is 0 Å². The van der Waals surface area contributed by atoms with Crippen LogP contribution in [-0.4, -0.2) is 32.5 Å². The van der Waals surface area contributed by atoms with Gasteiger partial charge in [0.25, 0.3) is 0 Å². The van der Waals surface area contributed by atoms with Crippen molar-refractivity contribution in [2.24, 2.45) is 0 Å². The lowest BCUT2D eigenvalue weighted by atomic mass is 10.8. The standard InChI is InChI=1S/C4H6O10S/c5-15(6,3-1-7-11-13-9-3)4-2-8-12-14-10-4/h3-4H,1-2H2. The van der Waals surface area contributed by atoms with Crippen LogP contribution >= 0.6 is 0 Å². The summed E-state index contributed by atoms with van der Waals surface area (Å²) in [5.74, 6) is 0. The molecule has 0 bridgehead atoms. The largest absolute Gasteiger partial charge is 0.226 e. The van der Waals surface area contributed by atoms with E-state index in [9.17, 15) is 8.42 Å². The molecule has 2 fully saturated rings. The zero-order valence-corrected chi connectivity index (χ0v) is 7.88. The summed E-state index contributed by atoms with van der Waals surface area (Å²) in [5, 5.41) is 15.5. The van der Waals surface area contributed by atoms with Gasteiger partial charge in [-0.15, -0.1) is 0 Å². The predicted octanol–water partition coefficient (Wildman–Crippen LogP) is -1.30. The molecule has 2 heterocycles. The van der Waals surface area contributed by atoms with Crippen LogP contribution in [0.15, 0.2) is 0 Å². The van der Waals surface area contributed by atoms with Gasteiger partial charge < -0.3 is 0 Å². The van der Waals surface area contributed by atoms with Crippen LogP contribution in [-0.2, 0) is 49.5 Å². The molecule has 0 spiro atoms. The van der Waals surface area contributed by atoms with Gasteiger partial charge in [0.2, 0.25) is 20.7 Å². The quantitative estimate of drug-likeness (QED) is 0.545. The van der Waals surface area contributed by atoms with Crippen molar-refractivity contribution in [2.45, 2.75) is 10.9 Å². The van der Waals surface area contributed by atoms with E-state index in [1.54, 1.807) is 0 Å². The lowest BCUT2D eigenvalue weighted by Crippen LogP contribution is -2.44. The molecular weight excluding hydrogens is 240 g/mol. The van der Waals surface area contributed by atoms with Gasteiger partial charge in [-0.2, -0.15) is 19.6 Å². The number of hydrogen-bond donors (Lipinski definition) is 0. The minimum atomic E-state index is -3.89. The van der Waals surface area contributed by atoms with E-state index in [1.807, 2.05) is 0 Å². The zero-order valence-electron chi connectivity index (χ0n) is 7.06. The fraction of sp³-hybridized carbons (Fsp3) is 1.00. The van der Waals surface area contributed by atoms with Gasteiger partial charge >= 0.3 is 0 Å². The van der Waals surface area contributed by atoms with Crippen LogP contribution in [0.2, 0.25) is 0 Å². The van der Waals surface area contributed by atoms with Crippen LogP contribution in [0.25, 0.3) is 0 Å². The number of hydrogen-bond acceptors (Lipinski definition) is 10. The van der Waals surface area contributed by atoms with Crippen molar-refractivity contribution in [1.29, 1.82) is 0 Å². The maximum Gasteiger partial charge on any atom is 0.226 e. The van der Waals surface area contributed by atoms with Gasteiger partial charge in [0.05, 0.1) is 0 Å². The van der Waals surface area contributed by atoms with Crippen molar-refractivity contribution < 1.29 is 48.1 Å². The van der Waals surface area contributed by atoms with Gasteiger partial charge in [-0.3, -0.25) is 0 Å². The molecule has 2 unspecified atom stereocenters. The summed E-state index contributed by atoms with van der Waals surface area (Å²) < 4.78 is 23.3. The first-order valence-corrected chi connectivity index (χ1v) is 5.28. The minimum Gasteiger partial charge on any atom is -0.223 e. The van der Waals surface area contributed by atoms with Gasteiger partial charge in [0.1, 0.15) is 13.2 Å². The molecule has 10 nitrogen and oxygen atoms in total. The Labute approximate surface area is 82.9 Å². The van der Waals surface area contributed by atoms with E-state index < -0.39 is 20.7 Å².